The van der Waals surface area contributed by atoms with E-state index in [-0.39, 0.29) is 16.8 Å². The molecule has 10 heteroatoms. The summed E-state index contributed by atoms with van der Waals surface area (Å²) in [7, 11) is -1.69. The van der Waals surface area contributed by atoms with E-state index in [4.69, 9.17) is 9.26 Å². The Bertz CT molecular complexity index is 1250. The van der Waals surface area contributed by atoms with E-state index in [1.807, 2.05) is 25.1 Å². The normalized spacial score (nSPS) is 14.8. The second-order valence-corrected chi connectivity index (χ2v) is 10.2. The topological polar surface area (TPSA) is 115 Å². The number of ether oxygens (including phenoxy) is 1. The highest BCUT2D eigenvalue weighted by atomic mass is 32.2. The highest BCUT2D eigenvalue weighted by Crippen LogP contribution is 2.30. The van der Waals surface area contributed by atoms with Crippen LogP contribution in [0.2, 0.25) is 0 Å². The third-order valence-corrected chi connectivity index (χ3v) is 6.84. The number of nitrogens with one attached hydrogen (secondary N) is 1. The summed E-state index contributed by atoms with van der Waals surface area (Å²) in [5, 5.41) is 6.98. The Balaban J connectivity index is 1.37. The monoisotopic (exact) mass is 470 g/mol. The second-order valence-electron chi connectivity index (χ2n) is 8.15. The van der Waals surface area contributed by atoms with Gasteiger partial charge in [0.25, 0.3) is 0 Å². The van der Waals surface area contributed by atoms with Gasteiger partial charge >= 0.3 is 6.03 Å². The van der Waals surface area contributed by atoms with Crippen LogP contribution in [0.5, 0.6) is 5.75 Å². The maximum absolute atomic E-state index is 12.7. The van der Waals surface area contributed by atoms with Gasteiger partial charge in [-0.05, 0) is 61.7 Å². The first-order valence-corrected chi connectivity index (χ1v) is 12.5. The van der Waals surface area contributed by atoms with Crippen molar-refractivity contribution in [2.45, 2.75) is 30.6 Å². The number of likely N-dealkylation sites (tertiary alicyclic amines) is 1. The number of urea groups is 1. The number of carbonyl (C=O) groups excluding carboxylic acids is 1. The average Bonchev–Trinajstić information content (AvgIpc) is 3.29. The largest absolute Gasteiger partial charge is 0.495 e. The molecule has 1 aliphatic heterocycles. The van der Waals surface area contributed by atoms with Gasteiger partial charge in [-0.1, -0.05) is 11.2 Å². The Hall–Kier alpha value is -3.40. The van der Waals surface area contributed by atoms with Crippen LogP contribution in [0.4, 0.5) is 10.5 Å². The van der Waals surface area contributed by atoms with E-state index in [1.165, 1.54) is 18.4 Å². The molecule has 0 aliphatic carbocycles. The molecule has 1 aromatic heterocycles. The molecule has 1 N–H and O–H groups in total. The smallest absolute Gasteiger partial charge is 0.321 e. The van der Waals surface area contributed by atoms with Crippen molar-refractivity contribution in [3.8, 4) is 17.1 Å². The number of hydrogen-bond acceptors (Lipinski definition) is 7. The van der Waals surface area contributed by atoms with Gasteiger partial charge < -0.3 is 19.5 Å². The fourth-order valence-electron chi connectivity index (χ4n) is 3.81. The van der Waals surface area contributed by atoms with Crippen LogP contribution in [-0.4, -0.2) is 55.9 Å². The number of carbonyl (C=O) groups is 1. The Morgan fingerprint density at radius 2 is 1.85 bits per heavy atom. The van der Waals surface area contributed by atoms with Gasteiger partial charge in [-0.2, -0.15) is 4.98 Å². The van der Waals surface area contributed by atoms with Crippen LogP contribution in [0.1, 0.15) is 30.2 Å². The summed E-state index contributed by atoms with van der Waals surface area (Å²) in [6.07, 6.45) is 2.57. The number of benzene rings is 2. The van der Waals surface area contributed by atoms with Crippen LogP contribution in [-0.2, 0) is 9.84 Å². The minimum Gasteiger partial charge on any atom is -0.495 e. The van der Waals surface area contributed by atoms with Gasteiger partial charge in [-0.25, -0.2) is 13.2 Å². The summed E-state index contributed by atoms with van der Waals surface area (Å²) in [5.41, 5.74) is 2.36. The van der Waals surface area contributed by atoms with E-state index in [0.717, 1.165) is 5.56 Å². The predicted molar refractivity (Wildman–Crippen MR) is 123 cm³/mol. The average molecular weight is 471 g/mol. The molecule has 3 aromatic rings. The van der Waals surface area contributed by atoms with Crippen LogP contribution in [0, 0.1) is 6.92 Å². The van der Waals surface area contributed by atoms with E-state index in [1.54, 1.807) is 24.1 Å². The molecule has 1 fully saturated rings. The maximum atomic E-state index is 12.7. The maximum Gasteiger partial charge on any atom is 0.321 e. The van der Waals surface area contributed by atoms with Crippen molar-refractivity contribution in [3.63, 3.8) is 0 Å². The van der Waals surface area contributed by atoms with Gasteiger partial charge in [0, 0.05) is 30.8 Å². The highest BCUT2D eigenvalue weighted by molar-refractivity contribution is 7.90. The van der Waals surface area contributed by atoms with Crippen LogP contribution in [0.15, 0.2) is 51.9 Å². The Kier molecular flexibility index (Phi) is 6.37. The van der Waals surface area contributed by atoms with Crippen molar-refractivity contribution >= 4 is 21.6 Å². The molecule has 2 aromatic carbocycles. The summed E-state index contributed by atoms with van der Waals surface area (Å²) in [6, 6.07) is 11.9. The number of aryl methyl sites for hydroxylation is 1. The number of anilines is 1. The second kappa shape index (κ2) is 9.22. The molecule has 2 heterocycles. The first-order chi connectivity index (χ1) is 15.7. The van der Waals surface area contributed by atoms with Crippen molar-refractivity contribution in [1.82, 2.24) is 15.0 Å². The van der Waals surface area contributed by atoms with Gasteiger partial charge in [-0.3, -0.25) is 0 Å². The van der Waals surface area contributed by atoms with Gasteiger partial charge in [-0.15, -0.1) is 0 Å². The molecule has 9 nitrogen and oxygen atoms in total. The Labute approximate surface area is 192 Å². The minimum atomic E-state index is -3.26. The molecule has 33 heavy (non-hydrogen) atoms. The molecule has 0 bridgehead atoms. The van der Waals surface area contributed by atoms with Crippen LogP contribution < -0.4 is 10.1 Å². The van der Waals surface area contributed by atoms with Gasteiger partial charge in [0.15, 0.2) is 9.84 Å². The zero-order valence-corrected chi connectivity index (χ0v) is 19.6. The van der Waals surface area contributed by atoms with Crippen LogP contribution >= 0.6 is 0 Å². The molecule has 2 amide bonds. The molecule has 4 rings (SSSR count). The predicted octanol–water partition coefficient (Wildman–Crippen LogP) is 3.87. The minimum absolute atomic E-state index is 0.0547. The van der Waals surface area contributed by atoms with E-state index in [9.17, 15) is 13.2 Å². The molecule has 174 valence electrons. The van der Waals surface area contributed by atoms with Crippen molar-refractivity contribution in [3.05, 3.63) is 53.9 Å². The fraction of sp³-hybridized carbons (Fsp3) is 0.348. The standard InChI is InChI=1S/C23H26N4O5S/c1-15-4-9-20(31-2)19(14-15)24-23(28)27-12-10-17(11-13-27)22-25-21(26-32-22)16-5-7-18(8-6-16)33(3,29)30/h4-9,14,17H,10-13H2,1-3H3,(H,24,28). The van der Waals surface area contributed by atoms with E-state index in [0.29, 0.717) is 54.6 Å². The third-order valence-electron chi connectivity index (χ3n) is 5.71. The number of hydrogen-bond donors (Lipinski definition) is 1. The Morgan fingerprint density at radius 1 is 1.15 bits per heavy atom. The first-order valence-electron chi connectivity index (χ1n) is 10.6. The molecular formula is C23H26N4O5S. The van der Waals surface area contributed by atoms with Crippen LogP contribution in [0.3, 0.4) is 0 Å². The lowest BCUT2D eigenvalue weighted by Gasteiger charge is -2.30. The number of methoxy groups -OCH3 is 1. The number of piperidine rings is 1. The molecule has 0 spiro atoms. The third kappa shape index (κ3) is 5.16. The zero-order valence-electron chi connectivity index (χ0n) is 18.7. The molecule has 1 aliphatic rings. The van der Waals surface area contributed by atoms with E-state index >= 15 is 0 Å². The molecule has 0 radical (unpaired) electrons. The first kappa shape index (κ1) is 22.8. The van der Waals surface area contributed by atoms with Crippen molar-refractivity contribution in [1.29, 1.82) is 0 Å². The van der Waals surface area contributed by atoms with Crippen LogP contribution in [0.25, 0.3) is 11.4 Å². The summed E-state index contributed by atoms with van der Waals surface area (Å²) >= 11 is 0. The fourth-order valence-corrected chi connectivity index (χ4v) is 4.44. The summed E-state index contributed by atoms with van der Waals surface area (Å²) < 4.78 is 34.1. The lowest BCUT2D eigenvalue weighted by molar-refractivity contribution is 0.187. The number of rotatable bonds is 5. The Morgan fingerprint density at radius 3 is 2.48 bits per heavy atom. The van der Waals surface area contributed by atoms with E-state index in [2.05, 4.69) is 15.5 Å². The van der Waals surface area contributed by atoms with Gasteiger partial charge in [0.05, 0.1) is 17.7 Å². The summed E-state index contributed by atoms with van der Waals surface area (Å²) in [6.45, 7) is 3.08. The number of aromatic nitrogens is 2. The summed E-state index contributed by atoms with van der Waals surface area (Å²) in [4.78, 5) is 19.2. The van der Waals surface area contributed by atoms with E-state index < -0.39 is 9.84 Å². The summed E-state index contributed by atoms with van der Waals surface area (Å²) in [5.74, 6) is 1.61. The number of amides is 2. The molecule has 1 saturated heterocycles. The van der Waals surface area contributed by atoms with Gasteiger partial charge in [0.1, 0.15) is 5.75 Å². The zero-order chi connectivity index (χ0) is 23.6. The quantitative estimate of drug-likeness (QED) is 0.602. The molecule has 0 saturated carbocycles. The molecule has 0 atom stereocenters. The highest BCUT2D eigenvalue weighted by Gasteiger charge is 2.28. The van der Waals surface area contributed by atoms with Gasteiger partial charge in [0.2, 0.25) is 11.7 Å². The lowest BCUT2D eigenvalue weighted by Crippen LogP contribution is -2.40. The van der Waals surface area contributed by atoms with Crippen molar-refractivity contribution in [2.24, 2.45) is 0 Å². The lowest BCUT2D eigenvalue weighted by atomic mass is 9.97. The molecule has 0 unspecified atom stereocenters. The van der Waals surface area contributed by atoms with Crippen molar-refractivity contribution < 1.29 is 22.5 Å². The number of nitrogens with zero attached hydrogens (tertiary/aromatic N) is 3. The number of sulfone groups is 1. The van der Waals surface area contributed by atoms with Crippen molar-refractivity contribution in [2.75, 3.05) is 31.8 Å². The molecular weight excluding hydrogens is 444 g/mol. The SMILES string of the molecule is COc1ccc(C)cc1NC(=O)N1CCC(c2nc(-c3ccc(S(C)(=O)=O)cc3)no2)CC1.